The summed E-state index contributed by atoms with van der Waals surface area (Å²) < 4.78 is 30.9. The van der Waals surface area contributed by atoms with Gasteiger partial charge in [0.2, 0.25) is 0 Å². The molecule has 1 fully saturated rings. The number of esters is 4. The van der Waals surface area contributed by atoms with Gasteiger partial charge in [-0.15, -0.1) is 6.58 Å². The molecule has 0 amide bonds. The van der Waals surface area contributed by atoms with Crippen LogP contribution in [-0.4, -0.2) is 68.3 Å². The van der Waals surface area contributed by atoms with E-state index in [1.54, 1.807) is 0 Å². The van der Waals surface area contributed by atoms with Crippen LogP contribution >= 0.6 is 0 Å². The summed E-state index contributed by atoms with van der Waals surface area (Å²) >= 11 is 0. The highest BCUT2D eigenvalue weighted by Gasteiger charge is 2.55. The van der Waals surface area contributed by atoms with Gasteiger partial charge < -0.3 is 28.4 Å². The van der Waals surface area contributed by atoms with Crippen molar-refractivity contribution < 1.29 is 47.6 Å². The molecule has 1 heterocycles. The summed E-state index contributed by atoms with van der Waals surface area (Å²) in [7, 11) is 1.11. The Labute approximate surface area is 150 Å². The zero-order valence-electron chi connectivity index (χ0n) is 15.0. The molecule has 0 radical (unpaired) electrons. The minimum absolute atomic E-state index is 0.0126. The first-order chi connectivity index (χ1) is 12.2. The molecule has 1 aliphatic heterocycles. The summed E-state index contributed by atoms with van der Waals surface area (Å²) in [4.78, 5) is 46.5. The van der Waals surface area contributed by atoms with Crippen molar-refractivity contribution in [1.29, 1.82) is 0 Å². The summed E-state index contributed by atoms with van der Waals surface area (Å²) in [6, 6.07) is 0. The van der Waals surface area contributed by atoms with Gasteiger partial charge in [0, 0.05) is 20.8 Å². The highest BCUT2D eigenvalue weighted by Crippen LogP contribution is 2.30. The first-order valence-electron chi connectivity index (χ1n) is 7.68. The van der Waals surface area contributed by atoms with Gasteiger partial charge in [-0.1, -0.05) is 6.08 Å². The summed E-state index contributed by atoms with van der Waals surface area (Å²) in [5, 5.41) is 0. The van der Waals surface area contributed by atoms with Crippen LogP contribution in [0, 0.1) is 0 Å². The van der Waals surface area contributed by atoms with Gasteiger partial charge in [0.05, 0.1) is 13.7 Å². The SMILES string of the molecule is C=CCO[C@@H]1O[C@H](C(=O)OC)[C@H](OC(C)=O)[C@H](OC(C)=O)[C@H]1OC(C)=O. The third-order valence-corrected chi connectivity index (χ3v) is 3.21. The highest BCUT2D eigenvalue weighted by atomic mass is 16.7. The van der Waals surface area contributed by atoms with Gasteiger partial charge in [-0.3, -0.25) is 14.4 Å². The fourth-order valence-corrected chi connectivity index (χ4v) is 2.38. The van der Waals surface area contributed by atoms with Gasteiger partial charge in [0.25, 0.3) is 0 Å². The maximum absolute atomic E-state index is 12.1. The standard InChI is InChI=1S/C16H22O10/c1-6-7-22-16-14(25-10(4)19)12(24-9(3)18)11(23-8(2)17)13(26-16)15(20)21-5/h6,11-14,16H,1,7H2,2-5H3/t11-,12+,13+,14-,16-/m1/s1. The molecule has 0 aromatic heterocycles. The lowest BCUT2D eigenvalue weighted by molar-refractivity contribution is -0.299. The van der Waals surface area contributed by atoms with Crippen LogP contribution in [0.5, 0.6) is 0 Å². The van der Waals surface area contributed by atoms with E-state index in [1.807, 2.05) is 0 Å². The predicted octanol–water partition coefficient (Wildman–Crippen LogP) is -0.118. The number of hydrogen-bond donors (Lipinski definition) is 0. The van der Waals surface area contributed by atoms with Crippen LogP contribution in [-0.2, 0) is 47.6 Å². The van der Waals surface area contributed by atoms with Crippen LogP contribution < -0.4 is 0 Å². The maximum atomic E-state index is 12.1. The molecule has 0 bridgehead atoms. The smallest absolute Gasteiger partial charge is 0.339 e. The molecule has 0 unspecified atom stereocenters. The molecule has 0 saturated carbocycles. The van der Waals surface area contributed by atoms with E-state index in [0.29, 0.717) is 0 Å². The second kappa shape index (κ2) is 9.88. The Morgan fingerprint density at radius 1 is 0.923 bits per heavy atom. The summed E-state index contributed by atoms with van der Waals surface area (Å²) in [5.74, 6) is -3.13. The number of carbonyl (C=O) groups excluding carboxylic acids is 4. The van der Waals surface area contributed by atoms with Gasteiger partial charge in [0.15, 0.2) is 30.7 Å². The molecular formula is C16H22O10. The van der Waals surface area contributed by atoms with Gasteiger partial charge in [-0.05, 0) is 0 Å². The van der Waals surface area contributed by atoms with E-state index in [0.717, 1.165) is 27.9 Å². The van der Waals surface area contributed by atoms with Gasteiger partial charge in [-0.25, -0.2) is 4.79 Å². The van der Waals surface area contributed by atoms with E-state index in [2.05, 4.69) is 11.3 Å². The van der Waals surface area contributed by atoms with Gasteiger partial charge in [0.1, 0.15) is 0 Å². The molecule has 0 aromatic carbocycles. The molecule has 5 atom stereocenters. The molecule has 146 valence electrons. The fraction of sp³-hybridized carbons (Fsp3) is 0.625. The van der Waals surface area contributed by atoms with E-state index < -0.39 is 54.6 Å². The number of methoxy groups -OCH3 is 1. The lowest BCUT2D eigenvalue weighted by Crippen LogP contribution is -2.63. The average molecular weight is 374 g/mol. The van der Waals surface area contributed by atoms with Crippen LogP contribution in [0.4, 0.5) is 0 Å². The van der Waals surface area contributed by atoms with Crippen LogP contribution in [0.3, 0.4) is 0 Å². The topological polar surface area (TPSA) is 124 Å². The monoisotopic (exact) mass is 374 g/mol. The highest BCUT2D eigenvalue weighted by molar-refractivity contribution is 5.77. The lowest BCUT2D eigenvalue weighted by Gasteiger charge is -2.43. The minimum Gasteiger partial charge on any atom is -0.467 e. The Morgan fingerprint density at radius 2 is 1.42 bits per heavy atom. The zero-order chi connectivity index (χ0) is 19.9. The van der Waals surface area contributed by atoms with Crippen molar-refractivity contribution in [2.24, 2.45) is 0 Å². The third-order valence-electron chi connectivity index (χ3n) is 3.21. The molecule has 0 spiro atoms. The summed E-state index contributed by atoms with van der Waals surface area (Å²) in [6.07, 6.45) is -5.40. The number of carbonyl (C=O) groups is 4. The average Bonchev–Trinajstić information content (AvgIpc) is 2.55. The van der Waals surface area contributed by atoms with Crippen LogP contribution in [0.25, 0.3) is 0 Å². The Kier molecular flexibility index (Phi) is 8.20. The maximum Gasteiger partial charge on any atom is 0.339 e. The second-order valence-electron chi connectivity index (χ2n) is 5.29. The van der Waals surface area contributed by atoms with E-state index in [1.165, 1.54) is 6.08 Å². The second-order valence-corrected chi connectivity index (χ2v) is 5.29. The van der Waals surface area contributed by atoms with Crippen molar-refractivity contribution >= 4 is 23.9 Å². The molecule has 0 N–H and O–H groups in total. The molecular weight excluding hydrogens is 352 g/mol. The van der Waals surface area contributed by atoms with Crippen LogP contribution in [0.15, 0.2) is 12.7 Å². The van der Waals surface area contributed by atoms with Gasteiger partial charge >= 0.3 is 23.9 Å². The molecule has 1 aliphatic rings. The van der Waals surface area contributed by atoms with Crippen molar-refractivity contribution in [3.8, 4) is 0 Å². The first-order valence-corrected chi connectivity index (χ1v) is 7.68. The van der Waals surface area contributed by atoms with Crippen molar-refractivity contribution in [3.05, 3.63) is 12.7 Å². The van der Waals surface area contributed by atoms with E-state index in [9.17, 15) is 19.2 Å². The number of ether oxygens (including phenoxy) is 6. The van der Waals surface area contributed by atoms with E-state index >= 15 is 0 Å². The number of hydrogen-bond acceptors (Lipinski definition) is 10. The molecule has 0 aliphatic carbocycles. The normalized spacial score (nSPS) is 27.8. The largest absolute Gasteiger partial charge is 0.467 e. The van der Waals surface area contributed by atoms with Crippen LogP contribution in [0.1, 0.15) is 20.8 Å². The molecule has 1 saturated heterocycles. The summed E-state index contributed by atoms with van der Waals surface area (Å²) in [6.45, 7) is 6.81. The van der Waals surface area contributed by atoms with Crippen molar-refractivity contribution in [3.63, 3.8) is 0 Å². The zero-order valence-corrected chi connectivity index (χ0v) is 15.0. The molecule has 1 rings (SSSR count). The minimum atomic E-state index is -1.46. The van der Waals surface area contributed by atoms with Crippen molar-refractivity contribution in [2.75, 3.05) is 13.7 Å². The Morgan fingerprint density at radius 3 is 1.88 bits per heavy atom. The quantitative estimate of drug-likeness (QED) is 0.338. The van der Waals surface area contributed by atoms with Crippen molar-refractivity contribution in [1.82, 2.24) is 0 Å². The van der Waals surface area contributed by atoms with Crippen LogP contribution in [0.2, 0.25) is 0 Å². The molecule has 0 aromatic rings. The Balaban J connectivity index is 3.32. The predicted molar refractivity (Wildman–Crippen MR) is 83.5 cm³/mol. The first kappa shape index (κ1) is 21.6. The Bertz CT molecular complexity index is 557. The molecule has 26 heavy (non-hydrogen) atoms. The number of rotatable bonds is 7. The lowest BCUT2D eigenvalue weighted by atomic mass is 9.97. The third kappa shape index (κ3) is 5.81. The molecule has 10 nitrogen and oxygen atoms in total. The molecule has 10 heteroatoms. The fourth-order valence-electron chi connectivity index (χ4n) is 2.38. The van der Waals surface area contributed by atoms with E-state index in [4.69, 9.17) is 23.7 Å². The van der Waals surface area contributed by atoms with Crippen molar-refractivity contribution in [2.45, 2.75) is 51.5 Å². The van der Waals surface area contributed by atoms with Gasteiger partial charge in [-0.2, -0.15) is 0 Å². The van der Waals surface area contributed by atoms with E-state index in [-0.39, 0.29) is 6.61 Å². The summed E-state index contributed by atoms with van der Waals surface area (Å²) in [5.41, 5.74) is 0. The Hall–Kier alpha value is -2.46.